The van der Waals surface area contributed by atoms with Gasteiger partial charge in [0, 0.05) is 16.9 Å². The van der Waals surface area contributed by atoms with Crippen LogP contribution in [0.15, 0.2) is 114 Å². The van der Waals surface area contributed by atoms with Crippen molar-refractivity contribution in [3.63, 3.8) is 0 Å². The molecule has 4 aromatic carbocycles. The first-order valence-corrected chi connectivity index (χ1v) is 12.2. The van der Waals surface area contributed by atoms with Crippen LogP contribution in [0.5, 0.6) is 17.2 Å². The van der Waals surface area contributed by atoms with E-state index in [0.717, 1.165) is 4.90 Å². The lowest BCUT2D eigenvalue weighted by Crippen LogP contribution is -2.32. The number of hydrogen-bond donors (Lipinski definition) is 2. The molecular weight excluding hydrogens is 518 g/mol. The molecule has 39 heavy (non-hydrogen) atoms. The molecule has 0 spiro atoms. The Bertz CT molecular complexity index is 1550. The number of anilines is 3. The van der Waals surface area contributed by atoms with E-state index in [4.69, 9.17) is 21.1 Å². The van der Waals surface area contributed by atoms with Crippen LogP contribution >= 0.6 is 11.6 Å². The van der Waals surface area contributed by atoms with Crippen molar-refractivity contribution in [3.05, 3.63) is 119 Å². The molecular formula is C30H22ClN3O5. The maximum atomic E-state index is 13.1. The zero-order chi connectivity index (χ0) is 27.4. The lowest BCUT2D eigenvalue weighted by molar-refractivity contribution is -0.120. The Morgan fingerprint density at radius 1 is 0.718 bits per heavy atom. The molecule has 1 aliphatic heterocycles. The molecule has 194 valence electrons. The maximum Gasteiger partial charge on any atom is 0.283 e. The third-order valence-corrected chi connectivity index (χ3v) is 6.22. The van der Waals surface area contributed by atoms with Gasteiger partial charge in [-0.05, 0) is 84.9 Å². The van der Waals surface area contributed by atoms with Crippen LogP contribution in [-0.4, -0.2) is 24.8 Å². The normalized spacial score (nSPS) is 12.9. The number of nitrogens with zero attached hydrogens (tertiary/aromatic N) is 1. The molecule has 0 atom stereocenters. The van der Waals surface area contributed by atoms with Crippen LogP contribution in [0, 0.1) is 0 Å². The van der Waals surface area contributed by atoms with Gasteiger partial charge in [-0.1, -0.05) is 29.8 Å². The average molecular weight is 540 g/mol. The lowest BCUT2D eigenvalue weighted by atomic mass is 10.2. The minimum absolute atomic E-state index is 0.0540. The minimum atomic E-state index is -0.642. The summed E-state index contributed by atoms with van der Waals surface area (Å²) in [6.07, 6.45) is 0. The van der Waals surface area contributed by atoms with E-state index in [0.29, 0.717) is 39.9 Å². The smallest absolute Gasteiger partial charge is 0.283 e. The summed E-state index contributed by atoms with van der Waals surface area (Å²) in [5, 5.41) is 5.48. The summed E-state index contributed by atoms with van der Waals surface area (Å²) in [6, 6.07) is 29.2. The first-order valence-electron chi connectivity index (χ1n) is 11.9. The highest BCUT2D eigenvalue weighted by Crippen LogP contribution is 2.32. The van der Waals surface area contributed by atoms with E-state index in [2.05, 4.69) is 10.6 Å². The number of methoxy groups -OCH3 is 1. The van der Waals surface area contributed by atoms with E-state index in [9.17, 15) is 14.4 Å². The van der Waals surface area contributed by atoms with Gasteiger partial charge >= 0.3 is 0 Å². The van der Waals surface area contributed by atoms with Crippen molar-refractivity contribution in [2.75, 3.05) is 22.6 Å². The van der Waals surface area contributed by atoms with Crippen LogP contribution < -0.4 is 25.0 Å². The van der Waals surface area contributed by atoms with Crippen LogP contribution in [0.3, 0.4) is 0 Å². The Labute approximate surface area is 229 Å². The Morgan fingerprint density at radius 2 is 1.31 bits per heavy atom. The van der Waals surface area contributed by atoms with E-state index < -0.39 is 11.8 Å². The number of halogens is 1. The fraction of sp³-hybridized carbons (Fsp3) is 0.0333. The monoisotopic (exact) mass is 539 g/mol. The molecule has 8 nitrogen and oxygen atoms in total. The second kappa shape index (κ2) is 11.1. The third-order valence-electron chi connectivity index (χ3n) is 5.87. The summed E-state index contributed by atoms with van der Waals surface area (Å²) in [5.74, 6) is 0.363. The van der Waals surface area contributed by atoms with Crippen LogP contribution in [0.1, 0.15) is 10.4 Å². The molecule has 0 bridgehead atoms. The number of carbonyl (C=O) groups excluding carboxylic acids is 3. The predicted octanol–water partition coefficient (Wildman–Crippen LogP) is 6.18. The quantitative estimate of drug-likeness (QED) is 0.260. The molecule has 0 radical (unpaired) electrons. The molecule has 0 unspecified atom stereocenters. The molecule has 1 heterocycles. The molecule has 2 N–H and O–H groups in total. The molecule has 0 fully saturated rings. The number of carbonyl (C=O) groups is 3. The summed E-state index contributed by atoms with van der Waals surface area (Å²) in [7, 11) is 1.57. The number of para-hydroxylation sites is 1. The van der Waals surface area contributed by atoms with Crippen LogP contribution in [-0.2, 0) is 9.59 Å². The van der Waals surface area contributed by atoms with Gasteiger partial charge in [-0.3, -0.25) is 14.4 Å². The predicted molar refractivity (Wildman–Crippen MR) is 149 cm³/mol. The summed E-state index contributed by atoms with van der Waals surface area (Å²) in [6.45, 7) is 0. The van der Waals surface area contributed by atoms with E-state index >= 15 is 0 Å². The standard InChI is InChI=1S/C30H22ClN3O5/c1-38-23-15-11-21(12-16-23)33-28(35)19-7-9-20(10-8-19)32-27-26(31)29(36)34(30(27)37)22-13-17-25(18-14-22)39-24-5-3-2-4-6-24/h2-18,32H,1H3,(H,33,35). The minimum Gasteiger partial charge on any atom is -0.497 e. The first-order chi connectivity index (χ1) is 18.9. The van der Waals surface area contributed by atoms with Gasteiger partial charge in [0.15, 0.2) is 0 Å². The number of nitrogens with one attached hydrogen (secondary N) is 2. The Kier molecular flexibility index (Phi) is 7.29. The molecule has 4 aromatic rings. The number of hydrogen-bond acceptors (Lipinski definition) is 6. The summed E-state index contributed by atoms with van der Waals surface area (Å²) >= 11 is 6.26. The number of amides is 3. The van der Waals surface area contributed by atoms with E-state index in [1.54, 1.807) is 79.9 Å². The highest BCUT2D eigenvalue weighted by atomic mass is 35.5. The van der Waals surface area contributed by atoms with Crippen LogP contribution in [0.25, 0.3) is 0 Å². The second-order valence-electron chi connectivity index (χ2n) is 8.43. The lowest BCUT2D eigenvalue weighted by Gasteiger charge is -2.16. The highest BCUT2D eigenvalue weighted by molar-refractivity contribution is 6.53. The second-order valence-corrected chi connectivity index (χ2v) is 8.81. The van der Waals surface area contributed by atoms with Crippen LogP contribution in [0.4, 0.5) is 17.1 Å². The average Bonchev–Trinajstić information content (AvgIpc) is 3.17. The summed E-state index contributed by atoms with van der Waals surface area (Å²) in [5.41, 5.74) is 1.81. The van der Waals surface area contributed by atoms with Gasteiger partial charge in [-0.15, -0.1) is 0 Å². The van der Waals surface area contributed by atoms with Gasteiger partial charge < -0.3 is 20.1 Å². The zero-order valence-electron chi connectivity index (χ0n) is 20.7. The van der Waals surface area contributed by atoms with Gasteiger partial charge in [0.2, 0.25) is 0 Å². The van der Waals surface area contributed by atoms with Crippen molar-refractivity contribution >= 4 is 46.4 Å². The molecule has 3 amide bonds. The number of rotatable bonds is 8. The Balaban J connectivity index is 1.24. The van der Waals surface area contributed by atoms with Gasteiger partial charge in [0.25, 0.3) is 17.7 Å². The number of imide groups is 1. The number of ether oxygens (including phenoxy) is 2. The molecule has 5 rings (SSSR count). The fourth-order valence-corrected chi connectivity index (χ4v) is 4.07. The summed E-state index contributed by atoms with van der Waals surface area (Å²) < 4.78 is 10.9. The van der Waals surface area contributed by atoms with Crippen LogP contribution in [0.2, 0.25) is 0 Å². The summed E-state index contributed by atoms with van der Waals surface area (Å²) in [4.78, 5) is 39.5. The van der Waals surface area contributed by atoms with Gasteiger partial charge in [0.1, 0.15) is 28.0 Å². The van der Waals surface area contributed by atoms with E-state index in [1.165, 1.54) is 0 Å². The van der Waals surface area contributed by atoms with Gasteiger partial charge in [0.05, 0.1) is 12.8 Å². The van der Waals surface area contributed by atoms with E-state index in [-0.39, 0.29) is 16.6 Å². The molecule has 0 saturated heterocycles. The first kappa shape index (κ1) is 25.6. The fourth-order valence-electron chi connectivity index (χ4n) is 3.86. The molecule has 0 saturated carbocycles. The van der Waals surface area contributed by atoms with Crippen molar-refractivity contribution < 1.29 is 23.9 Å². The van der Waals surface area contributed by atoms with Gasteiger partial charge in [-0.25, -0.2) is 4.90 Å². The Hall–Kier alpha value is -5.08. The maximum absolute atomic E-state index is 13.1. The molecule has 1 aliphatic rings. The van der Waals surface area contributed by atoms with Crippen molar-refractivity contribution in [2.45, 2.75) is 0 Å². The van der Waals surface area contributed by atoms with Gasteiger partial charge in [-0.2, -0.15) is 0 Å². The third kappa shape index (κ3) is 5.61. The van der Waals surface area contributed by atoms with Crippen molar-refractivity contribution in [2.24, 2.45) is 0 Å². The largest absolute Gasteiger partial charge is 0.497 e. The molecule has 0 aliphatic carbocycles. The van der Waals surface area contributed by atoms with Crippen molar-refractivity contribution in [1.29, 1.82) is 0 Å². The van der Waals surface area contributed by atoms with E-state index in [1.807, 2.05) is 30.3 Å². The SMILES string of the molecule is COc1ccc(NC(=O)c2ccc(NC3=C(Cl)C(=O)N(c4ccc(Oc5ccccc5)cc4)C3=O)cc2)cc1. The van der Waals surface area contributed by atoms with Crippen molar-refractivity contribution in [3.8, 4) is 17.2 Å². The molecule has 9 heteroatoms. The zero-order valence-corrected chi connectivity index (χ0v) is 21.4. The Morgan fingerprint density at radius 3 is 1.95 bits per heavy atom. The molecule has 0 aromatic heterocycles. The number of benzene rings is 4. The topological polar surface area (TPSA) is 97.0 Å². The van der Waals surface area contributed by atoms with Crippen molar-refractivity contribution in [1.82, 2.24) is 0 Å². The highest BCUT2D eigenvalue weighted by Gasteiger charge is 2.39.